The number of ether oxygens (including phenoxy) is 3. The van der Waals surface area contributed by atoms with Crippen molar-refractivity contribution in [3.63, 3.8) is 0 Å². The average molecular weight is 434 g/mol. The number of aromatic nitrogens is 1. The average Bonchev–Trinajstić information content (AvgIpc) is 2.82. The van der Waals surface area contributed by atoms with Crippen molar-refractivity contribution in [1.29, 1.82) is 0 Å². The number of esters is 1. The molecule has 32 heavy (non-hydrogen) atoms. The molecule has 7 nitrogen and oxygen atoms in total. The van der Waals surface area contributed by atoms with Gasteiger partial charge in [-0.2, -0.15) is 0 Å². The second kappa shape index (κ2) is 11.5. The third-order valence-electron chi connectivity index (χ3n) is 4.70. The van der Waals surface area contributed by atoms with Crippen molar-refractivity contribution in [2.24, 2.45) is 0 Å². The Morgan fingerprint density at radius 2 is 1.66 bits per heavy atom. The van der Waals surface area contributed by atoms with Crippen molar-refractivity contribution in [3.8, 4) is 11.5 Å². The summed E-state index contributed by atoms with van der Waals surface area (Å²) >= 11 is 0. The molecule has 1 heterocycles. The minimum Gasteiger partial charge on any atom is -0.497 e. The van der Waals surface area contributed by atoms with E-state index < -0.39 is 12.0 Å². The van der Waals surface area contributed by atoms with Crippen LogP contribution in [0.5, 0.6) is 11.5 Å². The van der Waals surface area contributed by atoms with Crippen LogP contribution in [0.15, 0.2) is 72.9 Å². The Kier molecular flexibility index (Phi) is 8.20. The van der Waals surface area contributed by atoms with Gasteiger partial charge in [-0.15, -0.1) is 0 Å². The van der Waals surface area contributed by atoms with Crippen molar-refractivity contribution in [1.82, 2.24) is 10.3 Å². The number of benzene rings is 2. The van der Waals surface area contributed by atoms with Gasteiger partial charge in [0.2, 0.25) is 5.91 Å². The van der Waals surface area contributed by atoms with Gasteiger partial charge in [-0.05, 0) is 47.5 Å². The molecule has 0 bridgehead atoms. The first kappa shape index (κ1) is 22.8. The zero-order valence-corrected chi connectivity index (χ0v) is 18.1. The summed E-state index contributed by atoms with van der Waals surface area (Å²) < 4.78 is 16.3. The van der Waals surface area contributed by atoms with E-state index in [9.17, 15) is 9.59 Å². The predicted molar refractivity (Wildman–Crippen MR) is 119 cm³/mol. The number of nitrogens with zero attached hydrogens (tertiary/aromatic N) is 1. The minimum atomic E-state index is -0.478. The van der Waals surface area contributed by atoms with E-state index in [1.807, 2.05) is 54.6 Å². The molecule has 3 aromatic rings. The number of pyridine rings is 1. The van der Waals surface area contributed by atoms with E-state index in [-0.39, 0.29) is 18.9 Å². The number of rotatable bonds is 10. The molecule has 1 aromatic heterocycles. The maximum Gasteiger partial charge on any atom is 0.308 e. The van der Waals surface area contributed by atoms with Gasteiger partial charge in [0.15, 0.2) is 0 Å². The van der Waals surface area contributed by atoms with Crippen LogP contribution in [0, 0.1) is 0 Å². The summed E-state index contributed by atoms with van der Waals surface area (Å²) in [7, 11) is 1.58. The molecular weight excluding hydrogens is 408 g/mol. The lowest BCUT2D eigenvalue weighted by Crippen LogP contribution is -2.28. The molecule has 0 spiro atoms. The summed E-state index contributed by atoms with van der Waals surface area (Å²) in [6.07, 6.45) is 1.75. The van der Waals surface area contributed by atoms with Crippen molar-refractivity contribution >= 4 is 11.9 Å². The number of carbonyl (C=O) groups is 2. The van der Waals surface area contributed by atoms with Gasteiger partial charge >= 0.3 is 5.97 Å². The summed E-state index contributed by atoms with van der Waals surface area (Å²) in [6, 6.07) is 19.7. The standard InChI is InChI=1S/C25H26N2O5/c1-18(28)27-24(20-8-12-22(30-2)13-9-20)15-25(29)32-16-19-6-10-23(11-7-19)31-17-21-5-3-4-14-26-21/h3-14,24H,15-17H2,1-2H3,(H,27,28). The summed E-state index contributed by atoms with van der Waals surface area (Å²) in [5.41, 5.74) is 2.48. The van der Waals surface area contributed by atoms with Crippen LogP contribution in [0.25, 0.3) is 0 Å². The third-order valence-corrected chi connectivity index (χ3v) is 4.70. The largest absolute Gasteiger partial charge is 0.497 e. The highest BCUT2D eigenvalue weighted by Gasteiger charge is 2.18. The number of hydrogen-bond donors (Lipinski definition) is 1. The molecule has 1 N–H and O–H groups in total. The Labute approximate surface area is 187 Å². The Morgan fingerprint density at radius 3 is 2.28 bits per heavy atom. The smallest absolute Gasteiger partial charge is 0.308 e. The van der Waals surface area contributed by atoms with Gasteiger partial charge < -0.3 is 19.5 Å². The fourth-order valence-corrected chi connectivity index (χ4v) is 3.05. The monoisotopic (exact) mass is 434 g/mol. The molecule has 0 aliphatic rings. The van der Waals surface area contributed by atoms with Crippen LogP contribution in [0.1, 0.15) is 36.2 Å². The van der Waals surface area contributed by atoms with E-state index in [2.05, 4.69) is 10.3 Å². The zero-order chi connectivity index (χ0) is 22.8. The molecular formula is C25H26N2O5. The third kappa shape index (κ3) is 7.12. The number of carbonyl (C=O) groups excluding carboxylic acids is 2. The SMILES string of the molecule is COc1ccc(C(CC(=O)OCc2ccc(OCc3ccccn3)cc2)NC(C)=O)cc1. The highest BCUT2D eigenvalue weighted by Crippen LogP contribution is 2.21. The van der Waals surface area contributed by atoms with Crippen LogP contribution < -0.4 is 14.8 Å². The molecule has 7 heteroatoms. The van der Waals surface area contributed by atoms with Gasteiger partial charge in [0.25, 0.3) is 0 Å². The van der Waals surface area contributed by atoms with Crippen LogP contribution in [0.4, 0.5) is 0 Å². The Morgan fingerprint density at radius 1 is 0.938 bits per heavy atom. The second-order valence-electron chi connectivity index (χ2n) is 7.14. The predicted octanol–water partition coefficient (Wildman–Crippen LogP) is 3.98. The van der Waals surface area contributed by atoms with Gasteiger partial charge in [0.05, 0.1) is 25.3 Å². The van der Waals surface area contributed by atoms with Crippen molar-refractivity contribution < 1.29 is 23.8 Å². The van der Waals surface area contributed by atoms with Crippen molar-refractivity contribution in [2.45, 2.75) is 32.6 Å². The van der Waals surface area contributed by atoms with Crippen molar-refractivity contribution in [2.75, 3.05) is 7.11 Å². The maximum atomic E-state index is 12.4. The van der Waals surface area contributed by atoms with Crippen LogP contribution in [-0.4, -0.2) is 24.0 Å². The molecule has 166 valence electrons. The van der Waals surface area contributed by atoms with Crippen LogP contribution in [0.3, 0.4) is 0 Å². The van der Waals surface area contributed by atoms with Crippen molar-refractivity contribution in [3.05, 3.63) is 89.7 Å². The van der Waals surface area contributed by atoms with Crippen LogP contribution in [-0.2, 0) is 27.5 Å². The molecule has 1 atom stereocenters. The number of hydrogen-bond acceptors (Lipinski definition) is 6. The van der Waals surface area contributed by atoms with Gasteiger partial charge in [-0.3, -0.25) is 14.6 Å². The minimum absolute atomic E-state index is 0.0250. The number of amides is 1. The van der Waals surface area contributed by atoms with E-state index in [1.165, 1.54) is 6.92 Å². The molecule has 1 amide bonds. The molecule has 0 radical (unpaired) electrons. The quantitative estimate of drug-likeness (QED) is 0.486. The van der Waals surface area contributed by atoms with Gasteiger partial charge in [0.1, 0.15) is 24.7 Å². The van der Waals surface area contributed by atoms with Gasteiger partial charge in [0, 0.05) is 13.1 Å². The normalized spacial score (nSPS) is 11.3. The lowest BCUT2D eigenvalue weighted by molar-refractivity contribution is -0.145. The lowest BCUT2D eigenvalue weighted by atomic mass is 10.0. The molecule has 0 saturated carbocycles. The molecule has 0 fully saturated rings. The van der Waals surface area contributed by atoms with E-state index >= 15 is 0 Å². The first-order valence-electron chi connectivity index (χ1n) is 10.2. The fourth-order valence-electron chi connectivity index (χ4n) is 3.05. The second-order valence-corrected chi connectivity index (χ2v) is 7.14. The topological polar surface area (TPSA) is 86.8 Å². The first-order valence-corrected chi connectivity index (χ1v) is 10.2. The summed E-state index contributed by atoms with van der Waals surface area (Å²) in [5.74, 6) is 0.774. The number of nitrogens with one attached hydrogen (secondary N) is 1. The van der Waals surface area contributed by atoms with Crippen LogP contribution in [0.2, 0.25) is 0 Å². The Balaban J connectivity index is 1.51. The molecule has 1 unspecified atom stereocenters. The first-order chi connectivity index (χ1) is 15.5. The Hall–Kier alpha value is -3.87. The van der Waals surface area contributed by atoms with E-state index in [0.29, 0.717) is 18.1 Å². The fraction of sp³-hybridized carbons (Fsp3) is 0.240. The zero-order valence-electron chi connectivity index (χ0n) is 18.1. The summed E-state index contributed by atoms with van der Waals surface area (Å²) in [6.45, 7) is 1.93. The maximum absolute atomic E-state index is 12.4. The molecule has 0 saturated heterocycles. The van der Waals surface area contributed by atoms with Gasteiger partial charge in [-0.1, -0.05) is 30.3 Å². The van der Waals surface area contributed by atoms with Crippen LogP contribution >= 0.6 is 0 Å². The van der Waals surface area contributed by atoms with Gasteiger partial charge in [-0.25, -0.2) is 0 Å². The number of methoxy groups -OCH3 is 1. The molecule has 2 aromatic carbocycles. The lowest BCUT2D eigenvalue weighted by Gasteiger charge is -2.18. The van der Waals surface area contributed by atoms with E-state index in [0.717, 1.165) is 16.8 Å². The van der Waals surface area contributed by atoms with E-state index in [4.69, 9.17) is 14.2 Å². The molecule has 0 aliphatic carbocycles. The highest BCUT2D eigenvalue weighted by atomic mass is 16.5. The molecule has 0 aliphatic heterocycles. The Bertz CT molecular complexity index is 1000. The summed E-state index contributed by atoms with van der Waals surface area (Å²) in [4.78, 5) is 28.2. The summed E-state index contributed by atoms with van der Waals surface area (Å²) in [5, 5.41) is 2.80. The van der Waals surface area contributed by atoms with E-state index in [1.54, 1.807) is 25.4 Å². The molecule has 3 rings (SSSR count). The highest BCUT2D eigenvalue weighted by molar-refractivity contribution is 5.76.